The Kier molecular flexibility index (Phi) is 5.41. The molecule has 0 saturated carbocycles. The van der Waals surface area contributed by atoms with Crippen LogP contribution in [-0.2, 0) is 9.59 Å². The fourth-order valence-corrected chi connectivity index (χ4v) is 2.03. The quantitative estimate of drug-likeness (QED) is 0.744. The predicted molar refractivity (Wildman–Crippen MR) is 64.7 cm³/mol. The molecule has 0 unspecified atom stereocenters. The minimum atomic E-state index is -0.753. The Labute approximate surface area is 102 Å². The lowest BCUT2D eigenvalue weighted by atomic mass is 9.98. The van der Waals surface area contributed by atoms with Crippen molar-refractivity contribution in [3.05, 3.63) is 0 Å². The van der Waals surface area contributed by atoms with Crippen LogP contribution in [0.2, 0.25) is 0 Å². The van der Waals surface area contributed by atoms with Crippen LogP contribution in [0.15, 0.2) is 0 Å². The second kappa shape index (κ2) is 6.59. The molecule has 2 atom stereocenters. The van der Waals surface area contributed by atoms with Crippen LogP contribution in [0, 0.1) is 5.92 Å². The highest BCUT2D eigenvalue weighted by atomic mass is 16.4. The summed E-state index contributed by atoms with van der Waals surface area (Å²) in [5, 5.41) is 11.8. The van der Waals surface area contributed by atoms with Crippen molar-refractivity contribution in [2.24, 2.45) is 5.92 Å². The van der Waals surface area contributed by atoms with Crippen molar-refractivity contribution in [3.8, 4) is 0 Å². The molecule has 2 N–H and O–H groups in total. The molecule has 0 aromatic carbocycles. The van der Waals surface area contributed by atoms with E-state index in [9.17, 15) is 9.59 Å². The SMILES string of the molecule is CC[C@@H](C)NC(=O)CN1CCC[C@@H](C(=O)O)C1. The number of nitrogens with one attached hydrogen (secondary N) is 1. The molecule has 0 aromatic rings. The largest absolute Gasteiger partial charge is 0.481 e. The minimum absolute atomic E-state index is 0.00890. The molecule has 0 bridgehead atoms. The summed E-state index contributed by atoms with van der Waals surface area (Å²) in [4.78, 5) is 24.5. The molecule has 17 heavy (non-hydrogen) atoms. The average molecular weight is 242 g/mol. The van der Waals surface area contributed by atoms with Crippen molar-refractivity contribution >= 4 is 11.9 Å². The number of carboxylic acids is 1. The van der Waals surface area contributed by atoms with E-state index in [4.69, 9.17) is 5.11 Å². The van der Waals surface area contributed by atoms with E-state index in [1.165, 1.54) is 0 Å². The van der Waals surface area contributed by atoms with Gasteiger partial charge in [-0.15, -0.1) is 0 Å². The molecular weight excluding hydrogens is 220 g/mol. The van der Waals surface area contributed by atoms with Gasteiger partial charge in [-0.2, -0.15) is 0 Å². The highest BCUT2D eigenvalue weighted by Crippen LogP contribution is 2.16. The summed E-state index contributed by atoms with van der Waals surface area (Å²) in [6, 6.07) is 0.183. The van der Waals surface area contributed by atoms with E-state index in [1.54, 1.807) is 0 Å². The van der Waals surface area contributed by atoms with Crippen LogP contribution in [0.1, 0.15) is 33.1 Å². The maximum atomic E-state index is 11.7. The number of aliphatic carboxylic acids is 1. The molecule has 0 aliphatic carbocycles. The van der Waals surface area contributed by atoms with Crippen LogP contribution in [0.3, 0.4) is 0 Å². The lowest BCUT2D eigenvalue weighted by molar-refractivity contribution is -0.144. The molecule has 1 heterocycles. The van der Waals surface area contributed by atoms with Gasteiger partial charge in [0.2, 0.25) is 5.91 Å². The molecule has 1 aliphatic rings. The van der Waals surface area contributed by atoms with Crippen molar-refractivity contribution in [2.75, 3.05) is 19.6 Å². The number of piperidine rings is 1. The van der Waals surface area contributed by atoms with Crippen LogP contribution >= 0.6 is 0 Å². The van der Waals surface area contributed by atoms with Gasteiger partial charge in [-0.25, -0.2) is 0 Å². The summed E-state index contributed by atoms with van der Waals surface area (Å²) < 4.78 is 0. The summed E-state index contributed by atoms with van der Waals surface area (Å²) in [5.74, 6) is -1.08. The maximum absolute atomic E-state index is 11.7. The molecule has 1 amide bonds. The number of hydrogen-bond acceptors (Lipinski definition) is 3. The Balaban J connectivity index is 2.35. The molecule has 1 saturated heterocycles. The van der Waals surface area contributed by atoms with Gasteiger partial charge in [0.25, 0.3) is 0 Å². The molecule has 98 valence electrons. The van der Waals surface area contributed by atoms with E-state index in [-0.39, 0.29) is 17.9 Å². The minimum Gasteiger partial charge on any atom is -0.481 e. The molecule has 1 fully saturated rings. The summed E-state index contributed by atoms with van der Waals surface area (Å²) in [6.07, 6.45) is 2.48. The highest BCUT2D eigenvalue weighted by Gasteiger charge is 2.26. The molecule has 5 nitrogen and oxygen atoms in total. The lowest BCUT2D eigenvalue weighted by Crippen LogP contribution is -2.45. The van der Waals surface area contributed by atoms with Crippen LogP contribution in [0.5, 0.6) is 0 Å². The number of amides is 1. The first kappa shape index (κ1) is 14.0. The number of carbonyl (C=O) groups is 2. The average Bonchev–Trinajstić information content (AvgIpc) is 2.28. The van der Waals surface area contributed by atoms with Gasteiger partial charge in [-0.1, -0.05) is 6.92 Å². The number of carbonyl (C=O) groups excluding carboxylic acids is 1. The van der Waals surface area contributed by atoms with Gasteiger partial charge in [0.15, 0.2) is 0 Å². The standard InChI is InChI=1S/C12H22N2O3/c1-3-9(2)13-11(15)8-14-6-4-5-10(7-14)12(16)17/h9-10H,3-8H2,1-2H3,(H,13,15)(H,16,17)/t9-,10-/m1/s1. The topological polar surface area (TPSA) is 69.6 Å². The summed E-state index contributed by atoms with van der Waals surface area (Å²) in [5.41, 5.74) is 0. The number of rotatable bonds is 5. The Bertz CT molecular complexity index is 281. The Morgan fingerprint density at radius 3 is 2.82 bits per heavy atom. The number of likely N-dealkylation sites (tertiary alicyclic amines) is 1. The number of carboxylic acid groups (broad SMARTS) is 1. The van der Waals surface area contributed by atoms with Crippen LogP contribution in [0.25, 0.3) is 0 Å². The first-order chi connectivity index (χ1) is 8.02. The van der Waals surface area contributed by atoms with Gasteiger partial charge in [0, 0.05) is 12.6 Å². The van der Waals surface area contributed by atoms with Crippen LogP contribution in [-0.4, -0.2) is 47.6 Å². The summed E-state index contributed by atoms with van der Waals surface area (Å²) in [7, 11) is 0. The van der Waals surface area contributed by atoms with Gasteiger partial charge < -0.3 is 10.4 Å². The third kappa shape index (κ3) is 4.73. The number of nitrogens with zero attached hydrogens (tertiary/aromatic N) is 1. The van der Waals surface area contributed by atoms with Crippen molar-refractivity contribution in [1.29, 1.82) is 0 Å². The molecule has 0 spiro atoms. The fraction of sp³-hybridized carbons (Fsp3) is 0.833. The summed E-state index contributed by atoms with van der Waals surface area (Å²) >= 11 is 0. The summed E-state index contributed by atoms with van der Waals surface area (Å²) in [6.45, 7) is 5.61. The molecule has 1 rings (SSSR count). The normalized spacial score (nSPS) is 23.1. The smallest absolute Gasteiger partial charge is 0.307 e. The molecule has 1 aliphatic heterocycles. The Hall–Kier alpha value is -1.10. The predicted octanol–water partition coefficient (Wildman–Crippen LogP) is 0.698. The molecular formula is C12H22N2O3. The monoisotopic (exact) mass is 242 g/mol. The second-order valence-corrected chi connectivity index (χ2v) is 4.79. The van der Waals surface area contributed by atoms with E-state index in [1.807, 2.05) is 18.7 Å². The molecule has 0 aromatic heterocycles. The van der Waals surface area contributed by atoms with E-state index in [0.717, 1.165) is 25.8 Å². The van der Waals surface area contributed by atoms with Gasteiger partial charge in [-0.3, -0.25) is 14.5 Å². The van der Waals surface area contributed by atoms with Gasteiger partial charge in [0.05, 0.1) is 12.5 Å². The Morgan fingerprint density at radius 1 is 1.53 bits per heavy atom. The van der Waals surface area contributed by atoms with Crippen molar-refractivity contribution in [2.45, 2.75) is 39.2 Å². The lowest BCUT2D eigenvalue weighted by Gasteiger charge is -2.30. The van der Waals surface area contributed by atoms with Gasteiger partial charge >= 0.3 is 5.97 Å². The van der Waals surface area contributed by atoms with E-state index >= 15 is 0 Å². The maximum Gasteiger partial charge on any atom is 0.307 e. The van der Waals surface area contributed by atoms with E-state index in [2.05, 4.69) is 5.32 Å². The van der Waals surface area contributed by atoms with Gasteiger partial charge in [-0.05, 0) is 32.7 Å². The first-order valence-corrected chi connectivity index (χ1v) is 6.27. The van der Waals surface area contributed by atoms with Gasteiger partial charge in [0.1, 0.15) is 0 Å². The third-order valence-electron chi connectivity index (χ3n) is 3.24. The molecule has 5 heteroatoms. The first-order valence-electron chi connectivity index (χ1n) is 6.27. The highest BCUT2D eigenvalue weighted by molar-refractivity contribution is 5.78. The zero-order valence-corrected chi connectivity index (χ0v) is 10.6. The van der Waals surface area contributed by atoms with Crippen LogP contribution < -0.4 is 5.32 Å². The second-order valence-electron chi connectivity index (χ2n) is 4.79. The fourth-order valence-electron chi connectivity index (χ4n) is 2.03. The van der Waals surface area contributed by atoms with E-state index < -0.39 is 5.97 Å². The number of hydrogen-bond donors (Lipinski definition) is 2. The Morgan fingerprint density at radius 2 is 2.24 bits per heavy atom. The van der Waals surface area contributed by atoms with E-state index in [0.29, 0.717) is 13.1 Å². The molecule has 0 radical (unpaired) electrons. The zero-order valence-electron chi connectivity index (χ0n) is 10.6. The third-order valence-corrected chi connectivity index (χ3v) is 3.24. The zero-order chi connectivity index (χ0) is 12.8. The van der Waals surface area contributed by atoms with Crippen LogP contribution in [0.4, 0.5) is 0 Å². The van der Waals surface area contributed by atoms with Crippen molar-refractivity contribution in [1.82, 2.24) is 10.2 Å². The van der Waals surface area contributed by atoms with Crippen molar-refractivity contribution < 1.29 is 14.7 Å². The van der Waals surface area contributed by atoms with Crippen molar-refractivity contribution in [3.63, 3.8) is 0 Å².